The minimum atomic E-state index is -0.253. The summed E-state index contributed by atoms with van der Waals surface area (Å²) < 4.78 is 13.5. The lowest BCUT2D eigenvalue weighted by Crippen LogP contribution is -2.14. The zero-order chi connectivity index (χ0) is 13.0. The average molecular weight is 284 g/mol. The van der Waals surface area contributed by atoms with E-state index in [2.05, 4.69) is 23.7 Å². The summed E-state index contributed by atoms with van der Waals surface area (Å²) >= 11 is 7.70. The van der Waals surface area contributed by atoms with E-state index in [1.165, 1.54) is 16.5 Å². The SMILES string of the molecule is CCc1ccsc1CNCc1c(F)cccc1Cl. The first-order chi connectivity index (χ1) is 8.72. The molecule has 1 heterocycles. The van der Waals surface area contributed by atoms with Gasteiger partial charge in [0, 0.05) is 28.6 Å². The topological polar surface area (TPSA) is 12.0 Å². The predicted octanol–water partition coefficient (Wildman–Crippen LogP) is 4.39. The van der Waals surface area contributed by atoms with E-state index < -0.39 is 0 Å². The minimum Gasteiger partial charge on any atom is -0.308 e. The summed E-state index contributed by atoms with van der Waals surface area (Å²) in [7, 11) is 0. The highest BCUT2D eigenvalue weighted by Gasteiger charge is 2.07. The summed E-state index contributed by atoms with van der Waals surface area (Å²) in [6, 6.07) is 6.91. The van der Waals surface area contributed by atoms with Crippen LogP contribution in [0.3, 0.4) is 0 Å². The van der Waals surface area contributed by atoms with Crippen molar-refractivity contribution in [2.75, 3.05) is 0 Å². The molecule has 0 unspecified atom stereocenters. The van der Waals surface area contributed by atoms with E-state index in [1.807, 2.05) is 0 Å². The second-order valence-corrected chi connectivity index (χ2v) is 5.43. The lowest BCUT2D eigenvalue weighted by atomic mass is 10.2. The van der Waals surface area contributed by atoms with Gasteiger partial charge in [0.25, 0.3) is 0 Å². The molecule has 0 spiro atoms. The van der Waals surface area contributed by atoms with Gasteiger partial charge in [-0.3, -0.25) is 0 Å². The van der Waals surface area contributed by atoms with E-state index in [1.54, 1.807) is 23.5 Å². The predicted molar refractivity (Wildman–Crippen MR) is 75.7 cm³/mol. The molecule has 1 N–H and O–H groups in total. The van der Waals surface area contributed by atoms with Gasteiger partial charge in [-0.2, -0.15) is 0 Å². The molecule has 0 radical (unpaired) electrons. The Labute approximate surface area is 116 Å². The third kappa shape index (κ3) is 3.10. The highest BCUT2D eigenvalue weighted by Crippen LogP contribution is 2.20. The van der Waals surface area contributed by atoms with Crippen LogP contribution in [0.5, 0.6) is 0 Å². The Bertz CT molecular complexity index is 504. The maximum atomic E-state index is 13.5. The molecule has 1 aromatic heterocycles. The number of hydrogen-bond acceptors (Lipinski definition) is 2. The maximum absolute atomic E-state index is 13.5. The van der Waals surface area contributed by atoms with Crippen molar-refractivity contribution >= 4 is 22.9 Å². The van der Waals surface area contributed by atoms with Crippen molar-refractivity contribution in [3.05, 3.63) is 56.5 Å². The Morgan fingerprint density at radius 3 is 2.83 bits per heavy atom. The van der Waals surface area contributed by atoms with Crippen LogP contribution in [0.4, 0.5) is 4.39 Å². The highest BCUT2D eigenvalue weighted by molar-refractivity contribution is 7.10. The highest BCUT2D eigenvalue weighted by atomic mass is 35.5. The second-order valence-electron chi connectivity index (χ2n) is 4.03. The summed E-state index contributed by atoms with van der Waals surface area (Å²) in [5.74, 6) is -0.253. The number of benzene rings is 1. The molecule has 4 heteroatoms. The Hall–Kier alpha value is -0.900. The van der Waals surface area contributed by atoms with Gasteiger partial charge < -0.3 is 5.32 Å². The standard InChI is InChI=1S/C14H15ClFNS/c1-2-10-6-7-18-14(10)9-17-8-11-12(15)4-3-5-13(11)16/h3-7,17H,2,8-9H2,1H3. The molecule has 2 aromatic rings. The van der Waals surface area contributed by atoms with Crippen molar-refractivity contribution in [1.82, 2.24) is 5.32 Å². The molecule has 0 atom stereocenters. The number of hydrogen-bond donors (Lipinski definition) is 1. The first-order valence-electron chi connectivity index (χ1n) is 5.91. The average Bonchev–Trinajstić information content (AvgIpc) is 2.80. The zero-order valence-corrected chi connectivity index (χ0v) is 11.7. The number of rotatable bonds is 5. The van der Waals surface area contributed by atoms with Gasteiger partial charge in [-0.25, -0.2) is 4.39 Å². The smallest absolute Gasteiger partial charge is 0.129 e. The van der Waals surface area contributed by atoms with Gasteiger partial charge in [0.1, 0.15) is 5.82 Å². The van der Waals surface area contributed by atoms with Gasteiger partial charge >= 0.3 is 0 Å². The fraction of sp³-hybridized carbons (Fsp3) is 0.286. The Kier molecular flexibility index (Phi) is 4.75. The van der Waals surface area contributed by atoms with Crippen LogP contribution in [0.1, 0.15) is 22.9 Å². The molecule has 0 amide bonds. The number of halogens is 2. The van der Waals surface area contributed by atoms with E-state index in [-0.39, 0.29) is 5.82 Å². The minimum absolute atomic E-state index is 0.253. The molecule has 0 bridgehead atoms. The summed E-state index contributed by atoms with van der Waals surface area (Å²) in [6.07, 6.45) is 1.03. The van der Waals surface area contributed by atoms with Gasteiger partial charge in [-0.15, -0.1) is 11.3 Å². The van der Waals surface area contributed by atoms with Crippen LogP contribution >= 0.6 is 22.9 Å². The fourth-order valence-corrected chi connectivity index (χ4v) is 3.01. The van der Waals surface area contributed by atoms with E-state index >= 15 is 0 Å². The van der Waals surface area contributed by atoms with Crippen LogP contribution in [0, 0.1) is 5.82 Å². The van der Waals surface area contributed by atoms with Crippen molar-refractivity contribution in [2.24, 2.45) is 0 Å². The molecule has 1 nitrogen and oxygen atoms in total. The quantitative estimate of drug-likeness (QED) is 0.858. The first-order valence-corrected chi connectivity index (χ1v) is 7.17. The molecule has 18 heavy (non-hydrogen) atoms. The van der Waals surface area contributed by atoms with Gasteiger partial charge in [0.2, 0.25) is 0 Å². The number of nitrogens with one attached hydrogen (secondary N) is 1. The molecular formula is C14H15ClFNS. The zero-order valence-electron chi connectivity index (χ0n) is 10.2. The van der Waals surface area contributed by atoms with Crippen molar-refractivity contribution in [3.63, 3.8) is 0 Å². The Morgan fingerprint density at radius 1 is 1.28 bits per heavy atom. The normalized spacial score (nSPS) is 10.8. The molecule has 96 valence electrons. The van der Waals surface area contributed by atoms with Crippen molar-refractivity contribution in [2.45, 2.75) is 26.4 Å². The van der Waals surface area contributed by atoms with Gasteiger partial charge in [0.15, 0.2) is 0 Å². The van der Waals surface area contributed by atoms with Gasteiger partial charge in [0.05, 0.1) is 0 Å². The van der Waals surface area contributed by atoms with Crippen LogP contribution in [-0.2, 0) is 19.5 Å². The summed E-state index contributed by atoms with van der Waals surface area (Å²) in [5.41, 5.74) is 1.89. The third-order valence-electron chi connectivity index (χ3n) is 2.87. The molecule has 0 aliphatic carbocycles. The molecule has 0 aliphatic rings. The second kappa shape index (κ2) is 6.32. The van der Waals surface area contributed by atoms with Crippen LogP contribution in [0.2, 0.25) is 5.02 Å². The van der Waals surface area contributed by atoms with Crippen LogP contribution in [0.25, 0.3) is 0 Å². The Balaban J connectivity index is 1.97. The van der Waals surface area contributed by atoms with Crippen molar-refractivity contribution < 1.29 is 4.39 Å². The van der Waals surface area contributed by atoms with E-state index in [0.29, 0.717) is 17.1 Å². The molecule has 0 aliphatic heterocycles. The molecule has 0 fully saturated rings. The summed E-state index contributed by atoms with van der Waals surface area (Å²) in [6.45, 7) is 3.34. The third-order valence-corrected chi connectivity index (χ3v) is 4.18. The van der Waals surface area contributed by atoms with Gasteiger partial charge in [-0.05, 0) is 35.6 Å². The lowest BCUT2D eigenvalue weighted by Gasteiger charge is -2.08. The molecular weight excluding hydrogens is 269 g/mol. The van der Waals surface area contributed by atoms with E-state index in [4.69, 9.17) is 11.6 Å². The van der Waals surface area contributed by atoms with Gasteiger partial charge in [-0.1, -0.05) is 24.6 Å². The molecule has 1 aromatic carbocycles. The fourth-order valence-electron chi connectivity index (χ4n) is 1.84. The molecule has 0 saturated heterocycles. The van der Waals surface area contributed by atoms with Crippen LogP contribution < -0.4 is 5.32 Å². The largest absolute Gasteiger partial charge is 0.308 e. The summed E-state index contributed by atoms with van der Waals surface area (Å²) in [5, 5.41) is 5.81. The number of thiophene rings is 1. The lowest BCUT2D eigenvalue weighted by molar-refractivity contribution is 0.589. The number of aryl methyl sites for hydroxylation is 1. The van der Waals surface area contributed by atoms with Crippen molar-refractivity contribution in [3.8, 4) is 0 Å². The Morgan fingerprint density at radius 2 is 2.11 bits per heavy atom. The van der Waals surface area contributed by atoms with E-state index in [9.17, 15) is 4.39 Å². The molecule has 2 rings (SSSR count). The maximum Gasteiger partial charge on any atom is 0.129 e. The monoisotopic (exact) mass is 283 g/mol. The van der Waals surface area contributed by atoms with Crippen molar-refractivity contribution in [1.29, 1.82) is 0 Å². The first kappa shape index (κ1) is 13.5. The van der Waals surface area contributed by atoms with Crippen LogP contribution in [0.15, 0.2) is 29.6 Å². The summed E-state index contributed by atoms with van der Waals surface area (Å²) in [4.78, 5) is 1.31. The van der Waals surface area contributed by atoms with E-state index in [0.717, 1.165) is 13.0 Å². The van der Waals surface area contributed by atoms with Crippen LogP contribution in [-0.4, -0.2) is 0 Å². The molecule has 0 saturated carbocycles.